The van der Waals surface area contributed by atoms with Gasteiger partial charge in [0.25, 0.3) is 0 Å². The van der Waals surface area contributed by atoms with Crippen molar-refractivity contribution in [1.82, 2.24) is 20.5 Å². The van der Waals surface area contributed by atoms with Crippen LogP contribution in [0.4, 0.5) is 5.95 Å². The molecule has 1 aliphatic rings. The smallest absolute Gasteiger partial charge is 0.245 e. The van der Waals surface area contributed by atoms with Crippen LogP contribution in [-0.2, 0) is 12.8 Å². The van der Waals surface area contributed by atoms with E-state index in [4.69, 9.17) is 4.98 Å². The van der Waals surface area contributed by atoms with Crippen LogP contribution in [0.3, 0.4) is 0 Å². The van der Waals surface area contributed by atoms with Gasteiger partial charge in [0.15, 0.2) is 0 Å². The summed E-state index contributed by atoms with van der Waals surface area (Å²) in [6, 6.07) is 0.588. The normalized spacial score (nSPS) is 18.3. The Morgan fingerprint density at radius 1 is 1.15 bits per heavy atom. The molecule has 112 valence electrons. The van der Waals surface area contributed by atoms with E-state index in [1.54, 1.807) is 0 Å². The molecule has 0 spiro atoms. The largest absolute Gasteiger partial charge is 0.339 e. The summed E-state index contributed by atoms with van der Waals surface area (Å²) < 4.78 is 0. The lowest BCUT2D eigenvalue weighted by molar-refractivity contribution is 0.321. The molecular formula is C15H27N5. The summed E-state index contributed by atoms with van der Waals surface area (Å²) in [5, 5.41) is 12.0. The first-order valence-corrected chi connectivity index (χ1v) is 7.84. The highest BCUT2D eigenvalue weighted by atomic mass is 15.3. The van der Waals surface area contributed by atoms with Crippen LogP contribution < -0.4 is 10.2 Å². The molecule has 20 heavy (non-hydrogen) atoms. The van der Waals surface area contributed by atoms with Crippen LogP contribution in [0.5, 0.6) is 0 Å². The molecule has 0 radical (unpaired) electrons. The number of nitrogens with zero attached hydrogens (tertiary/aromatic N) is 4. The summed E-state index contributed by atoms with van der Waals surface area (Å²) in [5.74, 6) is 1.57. The molecule has 5 heteroatoms. The predicted molar refractivity (Wildman–Crippen MR) is 82.0 cm³/mol. The van der Waals surface area contributed by atoms with Crippen molar-refractivity contribution in [2.75, 3.05) is 25.0 Å². The number of nitrogens with one attached hydrogen (secondary N) is 1. The average Bonchev–Trinajstić information content (AvgIpc) is 2.53. The summed E-state index contributed by atoms with van der Waals surface area (Å²) in [6.07, 6.45) is 4.23. The van der Waals surface area contributed by atoms with Gasteiger partial charge in [0.05, 0.1) is 11.4 Å². The van der Waals surface area contributed by atoms with Crippen LogP contribution >= 0.6 is 0 Å². The van der Waals surface area contributed by atoms with E-state index in [2.05, 4.69) is 41.2 Å². The van der Waals surface area contributed by atoms with Crippen molar-refractivity contribution in [2.24, 2.45) is 5.92 Å². The average molecular weight is 277 g/mol. The highest BCUT2D eigenvalue weighted by Crippen LogP contribution is 2.23. The molecule has 1 atom stereocenters. The Balaban J connectivity index is 2.03. The Kier molecular flexibility index (Phi) is 5.29. The van der Waals surface area contributed by atoms with Crippen LogP contribution in [0.15, 0.2) is 0 Å². The first-order chi connectivity index (χ1) is 9.69. The highest BCUT2D eigenvalue weighted by molar-refractivity contribution is 5.31. The fourth-order valence-electron chi connectivity index (χ4n) is 2.90. The lowest BCUT2D eigenvalue weighted by Gasteiger charge is -2.34. The Bertz CT molecular complexity index is 426. The van der Waals surface area contributed by atoms with Crippen molar-refractivity contribution in [3.63, 3.8) is 0 Å². The van der Waals surface area contributed by atoms with Gasteiger partial charge in [-0.1, -0.05) is 13.8 Å². The molecule has 0 amide bonds. The number of hydrogen-bond acceptors (Lipinski definition) is 5. The maximum absolute atomic E-state index is 4.71. The van der Waals surface area contributed by atoms with Crippen LogP contribution in [0.25, 0.3) is 0 Å². The van der Waals surface area contributed by atoms with Crippen molar-refractivity contribution in [3.8, 4) is 0 Å². The molecule has 0 bridgehead atoms. The number of hydrogen-bond donors (Lipinski definition) is 1. The molecule has 1 saturated heterocycles. The van der Waals surface area contributed by atoms with E-state index in [-0.39, 0.29) is 0 Å². The molecule has 2 heterocycles. The Labute approximate surface area is 122 Å². The molecule has 0 aliphatic carbocycles. The van der Waals surface area contributed by atoms with Gasteiger partial charge in [-0.15, -0.1) is 5.10 Å². The fourth-order valence-corrected chi connectivity index (χ4v) is 2.90. The van der Waals surface area contributed by atoms with Gasteiger partial charge in [0.1, 0.15) is 0 Å². The van der Waals surface area contributed by atoms with E-state index >= 15 is 0 Å². The topological polar surface area (TPSA) is 53.9 Å². The molecule has 0 aromatic carbocycles. The highest BCUT2D eigenvalue weighted by Gasteiger charge is 2.24. The van der Waals surface area contributed by atoms with Crippen LogP contribution in [0, 0.1) is 5.92 Å². The molecular weight excluding hydrogens is 250 g/mol. The van der Waals surface area contributed by atoms with Gasteiger partial charge in [-0.2, -0.15) is 5.10 Å². The number of aryl methyl sites for hydroxylation is 2. The third-order valence-electron chi connectivity index (χ3n) is 4.48. The predicted octanol–water partition coefficient (Wildman–Crippen LogP) is 1.82. The van der Waals surface area contributed by atoms with E-state index in [9.17, 15) is 0 Å². The molecule has 0 saturated carbocycles. The number of rotatable bonds is 5. The van der Waals surface area contributed by atoms with E-state index in [1.165, 1.54) is 12.8 Å². The third kappa shape index (κ3) is 3.26. The summed E-state index contributed by atoms with van der Waals surface area (Å²) in [6.45, 7) is 8.58. The Hall–Kier alpha value is -1.23. The Morgan fingerprint density at radius 3 is 2.35 bits per heavy atom. The molecule has 1 aliphatic heterocycles. The zero-order valence-electron chi connectivity index (χ0n) is 13.2. The first kappa shape index (κ1) is 15.2. The zero-order chi connectivity index (χ0) is 14.5. The molecule has 1 N–H and O–H groups in total. The summed E-state index contributed by atoms with van der Waals surface area (Å²) in [5.41, 5.74) is 2.14. The zero-order valence-corrected chi connectivity index (χ0v) is 13.2. The number of aromatic nitrogens is 3. The van der Waals surface area contributed by atoms with E-state index in [1.807, 2.05) is 7.05 Å². The second kappa shape index (κ2) is 6.97. The third-order valence-corrected chi connectivity index (χ3v) is 4.48. The van der Waals surface area contributed by atoms with E-state index in [0.717, 1.165) is 49.2 Å². The van der Waals surface area contributed by atoms with Gasteiger partial charge in [0, 0.05) is 19.1 Å². The van der Waals surface area contributed by atoms with Gasteiger partial charge in [0.2, 0.25) is 5.95 Å². The fraction of sp³-hybridized carbons (Fsp3) is 0.800. The minimum atomic E-state index is 0.588. The molecule has 5 nitrogen and oxygen atoms in total. The van der Waals surface area contributed by atoms with Crippen molar-refractivity contribution in [2.45, 2.75) is 52.5 Å². The van der Waals surface area contributed by atoms with Gasteiger partial charge < -0.3 is 10.2 Å². The molecule has 1 unspecified atom stereocenters. The van der Waals surface area contributed by atoms with Gasteiger partial charge in [-0.05, 0) is 45.6 Å². The van der Waals surface area contributed by atoms with Crippen molar-refractivity contribution >= 4 is 5.95 Å². The van der Waals surface area contributed by atoms with Gasteiger partial charge in [-0.25, -0.2) is 4.98 Å². The molecule has 1 aromatic heterocycles. The minimum Gasteiger partial charge on any atom is -0.339 e. The second-order valence-corrected chi connectivity index (χ2v) is 5.61. The van der Waals surface area contributed by atoms with Gasteiger partial charge >= 0.3 is 0 Å². The van der Waals surface area contributed by atoms with Crippen LogP contribution in [-0.4, -0.2) is 41.4 Å². The van der Waals surface area contributed by atoms with Gasteiger partial charge in [-0.3, -0.25) is 0 Å². The summed E-state index contributed by atoms with van der Waals surface area (Å²) in [4.78, 5) is 6.99. The second-order valence-electron chi connectivity index (χ2n) is 5.61. The van der Waals surface area contributed by atoms with E-state index < -0.39 is 0 Å². The monoisotopic (exact) mass is 277 g/mol. The molecule has 2 rings (SSSR count). The maximum Gasteiger partial charge on any atom is 0.245 e. The lowest BCUT2D eigenvalue weighted by Crippen LogP contribution is -2.41. The Morgan fingerprint density at radius 2 is 1.80 bits per heavy atom. The molecule has 1 fully saturated rings. The molecule has 1 aromatic rings. The van der Waals surface area contributed by atoms with Crippen LogP contribution in [0.1, 0.15) is 45.0 Å². The van der Waals surface area contributed by atoms with Crippen LogP contribution in [0.2, 0.25) is 0 Å². The van der Waals surface area contributed by atoms with Crippen molar-refractivity contribution in [3.05, 3.63) is 11.4 Å². The van der Waals surface area contributed by atoms with Crippen molar-refractivity contribution in [1.29, 1.82) is 0 Å². The quantitative estimate of drug-likeness (QED) is 0.890. The standard InChI is InChI=1S/C15H27N5/c1-5-13-14(6-2)18-19-15(17-13)20-9-7-12(8-10-20)11(3)16-4/h11-12,16H,5-10H2,1-4H3. The minimum absolute atomic E-state index is 0.588. The number of piperidine rings is 1. The summed E-state index contributed by atoms with van der Waals surface area (Å²) in [7, 11) is 2.04. The summed E-state index contributed by atoms with van der Waals surface area (Å²) >= 11 is 0. The van der Waals surface area contributed by atoms with Crippen molar-refractivity contribution < 1.29 is 0 Å². The number of anilines is 1. The first-order valence-electron chi connectivity index (χ1n) is 7.84. The maximum atomic E-state index is 4.71. The van der Waals surface area contributed by atoms with E-state index in [0.29, 0.717) is 6.04 Å². The lowest BCUT2D eigenvalue weighted by atomic mass is 9.90. The SMILES string of the molecule is CCc1nnc(N2CCC(C(C)NC)CC2)nc1CC.